The summed E-state index contributed by atoms with van der Waals surface area (Å²) in [5.41, 5.74) is -0.392. The highest BCUT2D eigenvalue weighted by atomic mass is 79.9. The molecule has 2 saturated heterocycles. The number of fused-ring (bicyclic) bond motifs is 2. The Morgan fingerprint density at radius 1 is 1.26 bits per heavy atom. The van der Waals surface area contributed by atoms with E-state index in [9.17, 15) is 18.5 Å². The minimum atomic E-state index is -3.87. The van der Waals surface area contributed by atoms with E-state index in [2.05, 4.69) is 21.2 Å². The van der Waals surface area contributed by atoms with E-state index in [1.54, 1.807) is 0 Å². The fourth-order valence-corrected chi connectivity index (χ4v) is 5.11. The van der Waals surface area contributed by atoms with E-state index >= 15 is 0 Å². The van der Waals surface area contributed by atoms with Crippen molar-refractivity contribution in [3.05, 3.63) is 32.8 Å². The Morgan fingerprint density at radius 3 is 2.65 bits per heavy atom. The van der Waals surface area contributed by atoms with Crippen LogP contribution in [0.15, 0.2) is 27.6 Å². The number of halogens is 2. The topological polar surface area (TPSA) is 92.5 Å². The fraction of sp³-hybridized carbons (Fsp3) is 0.538. The van der Waals surface area contributed by atoms with Gasteiger partial charge in [0, 0.05) is 35.7 Å². The molecule has 10 heteroatoms. The molecule has 0 saturated carbocycles. The molecule has 2 atom stereocenters. The average Bonchev–Trinajstić information content (AvgIpc) is 2.77. The summed E-state index contributed by atoms with van der Waals surface area (Å²) in [5.74, 6) is 0. The van der Waals surface area contributed by atoms with Crippen LogP contribution in [-0.4, -0.2) is 42.8 Å². The van der Waals surface area contributed by atoms with Crippen LogP contribution < -0.4 is 5.32 Å². The number of benzene rings is 1. The van der Waals surface area contributed by atoms with E-state index in [-0.39, 0.29) is 23.3 Å². The van der Waals surface area contributed by atoms with Gasteiger partial charge in [0.15, 0.2) is 4.90 Å². The third kappa shape index (κ3) is 3.69. The third-order valence-corrected chi connectivity index (χ3v) is 6.63. The zero-order valence-corrected chi connectivity index (χ0v) is 15.4. The van der Waals surface area contributed by atoms with Crippen LogP contribution in [0.5, 0.6) is 0 Å². The highest BCUT2D eigenvalue weighted by Gasteiger charge is 2.37. The van der Waals surface area contributed by atoms with E-state index in [1.165, 1.54) is 22.5 Å². The molecule has 128 valence electrons. The van der Waals surface area contributed by atoms with Gasteiger partial charge in [-0.15, -0.1) is 12.4 Å². The molecule has 3 rings (SSSR count). The van der Waals surface area contributed by atoms with Crippen LogP contribution in [0.4, 0.5) is 5.69 Å². The van der Waals surface area contributed by atoms with E-state index in [0.29, 0.717) is 23.6 Å². The zero-order chi connectivity index (χ0) is 15.9. The molecule has 0 amide bonds. The number of nitrogens with one attached hydrogen (secondary N) is 1. The first-order valence-corrected chi connectivity index (χ1v) is 9.31. The molecule has 7 nitrogen and oxygen atoms in total. The molecule has 1 N–H and O–H groups in total. The summed E-state index contributed by atoms with van der Waals surface area (Å²) in [4.78, 5) is 10.3. The first-order chi connectivity index (χ1) is 10.4. The van der Waals surface area contributed by atoms with Crippen LogP contribution in [0.1, 0.15) is 19.3 Å². The number of sulfonamides is 1. The molecule has 2 aliphatic rings. The van der Waals surface area contributed by atoms with Crippen molar-refractivity contribution in [2.75, 3.05) is 13.1 Å². The summed E-state index contributed by atoms with van der Waals surface area (Å²) in [6, 6.07) is 4.53. The number of nitrogens with zero attached hydrogens (tertiary/aromatic N) is 2. The Labute approximate surface area is 149 Å². The van der Waals surface area contributed by atoms with Gasteiger partial charge in [0.1, 0.15) is 0 Å². The normalized spacial score (nSPS) is 24.7. The lowest BCUT2D eigenvalue weighted by atomic mass is 10.1. The number of nitro benzene ring substituents is 1. The molecule has 2 fully saturated rings. The molecule has 0 aliphatic carbocycles. The van der Waals surface area contributed by atoms with Gasteiger partial charge in [-0.05, 0) is 31.4 Å². The summed E-state index contributed by atoms with van der Waals surface area (Å²) in [5, 5.41) is 14.6. The molecule has 1 aromatic carbocycles. The first kappa shape index (κ1) is 18.6. The smallest absolute Gasteiger partial charge is 0.290 e. The lowest BCUT2D eigenvalue weighted by molar-refractivity contribution is -0.387. The largest absolute Gasteiger partial charge is 0.310 e. The molecule has 2 unspecified atom stereocenters. The first-order valence-electron chi connectivity index (χ1n) is 7.08. The van der Waals surface area contributed by atoms with Crippen LogP contribution in [0.3, 0.4) is 0 Å². The van der Waals surface area contributed by atoms with Crippen molar-refractivity contribution in [1.29, 1.82) is 0 Å². The maximum absolute atomic E-state index is 12.8. The number of hydrogen-bond donors (Lipinski definition) is 1. The highest BCUT2D eigenvalue weighted by Crippen LogP contribution is 2.31. The molecule has 1 aromatic rings. The second-order valence-corrected chi connectivity index (χ2v) is 8.48. The van der Waals surface area contributed by atoms with Gasteiger partial charge in [-0.3, -0.25) is 10.1 Å². The van der Waals surface area contributed by atoms with Crippen molar-refractivity contribution in [2.24, 2.45) is 0 Å². The van der Waals surface area contributed by atoms with E-state index in [4.69, 9.17) is 0 Å². The quantitative estimate of drug-likeness (QED) is 0.591. The minimum absolute atomic E-state index is 0. The van der Waals surface area contributed by atoms with E-state index in [1.807, 2.05) is 0 Å². The van der Waals surface area contributed by atoms with Gasteiger partial charge in [0.25, 0.3) is 5.69 Å². The molecular weight excluding hydrogens is 410 g/mol. The molecule has 0 spiro atoms. The predicted molar refractivity (Wildman–Crippen MR) is 91.4 cm³/mol. The van der Waals surface area contributed by atoms with Crippen molar-refractivity contribution in [1.82, 2.24) is 9.62 Å². The van der Waals surface area contributed by atoms with Gasteiger partial charge < -0.3 is 5.32 Å². The summed E-state index contributed by atoms with van der Waals surface area (Å²) >= 11 is 3.14. The number of rotatable bonds is 3. The maximum atomic E-state index is 12.8. The Kier molecular flexibility index (Phi) is 5.68. The van der Waals surface area contributed by atoms with Crippen LogP contribution in [0.2, 0.25) is 0 Å². The van der Waals surface area contributed by atoms with Gasteiger partial charge in [-0.25, -0.2) is 8.42 Å². The summed E-state index contributed by atoms with van der Waals surface area (Å²) in [6.45, 7) is 0.760. The van der Waals surface area contributed by atoms with Crippen LogP contribution in [0.25, 0.3) is 0 Å². The third-order valence-electron chi connectivity index (χ3n) is 4.22. The van der Waals surface area contributed by atoms with Gasteiger partial charge in [0.2, 0.25) is 10.0 Å². The van der Waals surface area contributed by atoms with Crippen molar-refractivity contribution >= 4 is 44.0 Å². The van der Waals surface area contributed by atoms with Crippen molar-refractivity contribution in [3.8, 4) is 0 Å². The number of nitro groups is 1. The van der Waals surface area contributed by atoms with Crippen molar-refractivity contribution in [2.45, 2.75) is 36.2 Å². The molecule has 0 radical (unpaired) electrons. The Morgan fingerprint density at radius 2 is 1.96 bits per heavy atom. The lowest BCUT2D eigenvalue weighted by Crippen LogP contribution is -2.39. The standard InChI is InChI=1S/C13H16BrN3O4S.ClH/c14-9-1-4-13(12(7-9)17(18)19)22(20,21)16-6-5-10-2-3-11(8-16)15-10;/h1,4,7,10-11,15H,2-3,5-6,8H2;1H. The lowest BCUT2D eigenvalue weighted by Gasteiger charge is -2.23. The predicted octanol–water partition coefficient (Wildman–Crippen LogP) is 2.29. The van der Waals surface area contributed by atoms with Gasteiger partial charge >= 0.3 is 0 Å². The molecule has 2 bridgehead atoms. The van der Waals surface area contributed by atoms with E-state index in [0.717, 1.165) is 19.3 Å². The molecule has 2 heterocycles. The SMILES string of the molecule is Cl.O=[N+]([O-])c1cc(Br)ccc1S(=O)(=O)N1CCC2CCC(C1)N2. The van der Waals surface area contributed by atoms with Gasteiger partial charge in [-0.1, -0.05) is 15.9 Å². The second kappa shape index (κ2) is 7.02. The Balaban J connectivity index is 0.00000192. The van der Waals surface area contributed by atoms with Crippen LogP contribution in [0, 0.1) is 10.1 Å². The Bertz CT molecular complexity index is 715. The highest BCUT2D eigenvalue weighted by molar-refractivity contribution is 9.10. The van der Waals surface area contributed by atoms with Gasteiger partial charge in [-0.2, -0.15) is 4.31 Å². The van der Waals surface area contributed by atoms with Gasteiger partial charge in [0.05, 0.1) is 4.92 Å². The summed E-state index contributed by atoms with van der Waals surface area (Å²) in [7, 11) is -3.87. The molecule has 2 aliphatic heterocycles. The monoisotopic (exact) mass is 425 g/mol. The minimum Gasteiger partial charge on any atom is -0.310 e. The molecular formula is C13H17BrClN3O4S. The molecule has 23 heavy (non-hydrogen) atoms. The average molecular weight is 427 g/mol. The zero-order valence-electron chi connectivity index (χ0n) is 12.1. The number of hydrogen-bond acceptors (Lipinski definition) is 5. The summed E-state index contributed by atoms with van der Waals surface area (Å²) in [6.07, 6.45) is 2.75. The summed E-state index contributed by atoms with van der Waals surface area (Å²) < 4.78 is 27.5. The fourth-order valence-electron chi connectivity index (χ4n) is 3.12. The van der Waals surface area contributed by atoms with Crippen LogP contribution >= 0.6 is 28.3 Å². The maximum Gasteiger partial charge on any atom is 0.290 e. The van der Waals surface area contributed by atoms with Crippen molar-refractivity contribution < 1.29 is 13.3 Å². The molecule has 0 aromatic heterocycles. The van der Waals surface area contributed by atoms with Crippen molar-refractivity contribution in [3.63, 3.8) is 0 Å². The second-order valence-electron chi connectivity index (χ2n) is 5.66. The van der Waals surface area contributed by atoms with Crippen LogP contribution in [-0.2, 0) is 10.0 Å². The van der Waals surface area contributed by atoms with E-state index < -0.39 is 20.6 Å². The Hall–Kier alpha value is -0.740.